The minimum atomic E-state index is -1.99. The number of hydrogen-bond acceptors (Lipinski definition) is 6. The summed E-state index contributed by atoms with van der Waals surface area (Å²) >= 11 is 0. The van der Waals surface area contributed by atoms with Crippen molar-refractivity contribution in [2.24, 2.45) is 5.73 Å². The van der Waals surface area contributed by atoms with Gasteiger partial charge in [-0.3, -0.25) is 9.59 Å². The Hall–Kier alpha value is -1.96. The predicted molar refractivity (Wildman–Crippen MR) is 39.0 cm³/mol. The quantitative estimate of drug-likeness (QED) is 0.351. The molecule has 0 fully saturated rings. The van der Waals surface area contributed by atoms with Crippen molar-refractivity contribution < 1.29 is 34.1 Å². The number of carbonyl (C=O) groups excluding carboxylic acids is 2. The summed E-state index contributed by atoms with van der Waals surface area (Å²) in [5.41, 5.74) is 4.77. The molecule has 0 bridgehead atoms. The van der Waals surface area contributed by atoms with Crippen LogP contribution in [0.3, 0.4) is 0 Å². The highest BCUT2D eigenvalue weighted by Crippen LogP contribution is 1.91. The fraction of sp³-hybridized carbons (Fsp3) is 0.333. The molecule has 0 radical (unpaired) electrons. The van der Waals surface area contributed by atoms with Crippen molar-refractivity contribution in [3.63, 3.8) is 0 Å². The lowest BCUT2D eigenvalue weighted by atomic mass is 10.3. The largest absolute Gasteiger partial charge is 0.481 e. The highest BCUT2D eigenvalue weighted by atomic mass is 16.6. The molecule has 0 aromatic carbocycles. The molecule has 1 unspecified atom stereocenters. The lowest BCUT2D eigenvalue weighted by molar-refractivity contribution is -0.164. The number of carbonyl (C=O) groups is 4. The molecule has 0 aromatic rings. The van der Waals surface area contributed by atoms with Crippen molar-refractivity contribution in [2.75, 3.05) is 0 Å². The molecule has 1 atom stereocenters. The zero-order valence-corrected chi connectivity index (χ0v) is 6.80. The summed E-state index contributed by atoms with van der Waals surface area (Å²) in [4.78, 5) is 41.2. The van der Waals surface area contributed by atoms with E-state index < -0.39 is 36.3 Å². The smallest absolute Gasteiger partial charge is 0.342 e. The molecule has 0 aliphatic carbocycles. The number of nitrogens with two attached hydrogens (primary N) is 1. The molecule has 0 spiro atoms. The Labute approximate surface area is 77.3 Å². The maximum Gasteiger partial charge on any atom is 0.342 e. The first-order valence-electron chi connectivity index (χ1n) is 3.29. The normalized spacial score (nSPS) is 11.5. The van der Waals surface area contributed by atoms with Crippen molar-refractivity contribution in [1.82, 2.24) is 0 Å². The molecule has 8 nitrogen and oxygen atoms in total. The van der Waals surface area contributed by atoms with Gasteiger partial charge in [-0.1, -0.05) is 0 Å². The molecule has 4 N–H and O–H groups in total. The van der Waals surface area contributed by atoms with Gasteiger partial charge < -0.3 is 20.7 Å². The van der Waals surface area contributed by atoms with Crippen LogP contribution < -0.4 is 5.73 Å². The minimum Gasteiger partial charge on any atom is -0.481 e. The van der Waals surface area contributed by atoms with Crippen molar-refractivity contribution in [1.29, 1.82) is 0 Å². The molecule has 0 amide bonds. The first-order chi connectivity index (χ1) is 6.34. The number of ether oxygens (including phenoxy) is 1. The molecule has 0 saturated carbocycles. The Morgan fingerprint density at radius 1 is 1.21 bits per heavy atom. The Bertz CT molecular complexity index is 284. The molecular formula is C6H7NO7. The van der Waals surface area contributed by atoms with Gasteiger partial charge in [0, 0.05) is 0 Å². The highest BCUT2D eigenvalue weighted by Gasteiger charge is 2.25. The van der Waals surface area contributed by atoms with Crippen LogP contribution >= 0.6 is 0 Å². The topological polar surface area (TPSA) is 144 Å². The third-order valence-corrected chi connectivity index (χ3v) is 1.03. The molecule has 14 heavy (non-hydrogen) atoms. The van der Waals surface area contributed by atoms with Gasteiger partial charge in [0.05, 0.1) is 0 Å². The first-order valence-corrected chi connectivity index (χ1v) is 3.29. The van der Waals surface area contributed by atoms with Crippen LogP contribution in [0.25, 0.3) is 0 Å². The predicted octanol–water partition coefficient (Wildman–Crippen LogP) is -2.06. The van der Waals surface area contributed by atoms with Crippen molar-refractivity contribution in [2.45, 2.75) is 12.5 Å². The molecule has 8 heteroatoms. The van der Waals surface area contributed by atoms with Gasteiger partial charge in [0.2, 0.25) is 6.04 Å². The van der Waals surface area contributed by atoms with E-state index in [2.05, 4.69) is 4.74 Å². The summed E-state index contributed by atoms with van der Waals surface area (Å²) in [6, 6.07) is -1.99. The number of esters is 2. The Morgan fingerprint density at radius 2 is 1.71 bits per heavy atom. The van der Waals surface area contributed by atoms with Gasteiger partial charge in [0.1, 0.15) is 6.42 Å². The van der Waals surface area contributed by atoms with Gasteiger partial charge >= 0.3 is 23.9 Å². The van der Waals surface area contributed by atoms with Crippen molar-refractivity contribution >= 4 is 23.9 Å². The van der Waals surface area contributed by atoms with Crippen LogP contribution in [0.5, 0.6) is 0 Å². The monoisotopic (exact) mass is 205 g/mol. The Kier molecular flexibility index (Phi) is 4.23. The summed E-state index contributed by atoms with van der Waals surface area (Å²) in [7, 11) is 0. The van der Waals surface area contributed by atoms with E-state index in [1.54, 1.807) is 0 Å². The Morgan fingerprint density at radius 3 is 2.07 bits per heavy atom. The van der Waals surface area contributed by atoms with E-state index in [1.165, 1.54) is 0 Å². The molecule has 78 valence electrons. The second-order valence-electron chi connectivity index (χ2n) is 2.18. The van der Waals surface area contributed by atoms with Gasteiger partial charge in [-0.15, -0.1) is 0 Å². The summed E-state index contributed by atoms with van der Waals surface area (Å²) < 4.78 is 3.82. The fourth-order valence-electron chi connectivity index (χ4n) is 0.436. The molecule has 0 heterocycles. The van der Waals surface area contributed by atoms with E-state index >= 15 is 0 Å². The molecule has 0 aliphatic heterocycles. The van der Waals surface area contributed by atoms with Gasteiger partial charge in [-0.05, 0) is 0 Å². The molecule has 0 aliphatic rings. The van der Waals surface area contributed by atoms with Crippen LogP contribution in [0.2, 0.25) is 0 Å². The second kappa shape index (κ2) is 4.92. The zero-order valence-electron chi connectivity index (χ0n) is 6.80. The third kappa shape index (κ3) is 4.16. The summed E-state index contributed by atoms with van der Waals surface area (Å²) in [6.07, 6.45) is -1.03. The lowest BCUT2D eigenvalue weighted by Gasteiger charge is -2.04. The standard InChI is InChI=1S/C6H7NO7/c7-4(5(11)12)6(13)14-3(10)1-2(8)9/h4H,1,7H2,(H,8,9)(H,11,12). The van der Waals surface area contributed by atoms with Gasteiger partial charge in [0.15, 0.2) is 0 Å². The highest BCUT2D eigenvalue weighted by molar-refractivity contribution is 6.03. The summed E-state index contributed by atoms with van der Waals surface area (Å²) in [5.74, 6) is -6.02. The number of carboxylic acid groups (broad SMARTS) is 2. The van der Waals surface area contributed by atoms with Crippen LogP contribution in [-0.2, 0) is 23.9 Å². The van der Waals surface area contributed by atoms with E-state index in [-0.39, 0.29) is 0 Å². The lowest BCUT2D eigenvalue weighted by Crippen LogP contribution is -2.40. The molecule has 0 saturated heterocycles. The van der Waals surface area contributed by atoms with Crippen LogP contribution in [0.15, 0.2) is 0 Å². The maximum absolute atomic E-state index is 10.6. The van der Waals surface area contributed by atoms with E-state index in [0.29, 0.717) is 0 Å². The van der Waals surface area contributed by atoms with Gasteiger partial charge in [0.25, 0.3) is 0 Å². The van der Waals surface area contributed by atoms with Crippen molar-refractivity contribution in [3.05, 3.63) is 0 Å². The molecule has 0 aromatic heterocycles. The average Bonchev–Trinajstić information content (AvgIpc) is 2.00. The minimum absolute atomic E-state index is 1.03. The Balaban J connectivity index is 4.13. The second-order valence-corrected chi connectivity index (χ2v) is 2.18. The third-order valence-electron chi connectivity index (χ3n) is 1.03. The number of aliphatic carboxylic acids is 2. The number of rotatable bonds is 4. The van der Waals surface area contributed by atoms with Crippen molar-refractivity contribution in [3.8, 4) is 0 Å². The molecular weight excluding hydrogens is 198 g/mol. The van der Waals surface area contributed by atoms with Crippen LogP contribution in [0.1, 0.15) is 6.42 Å². The van der Waals surface area contributed by atoms with E-state index in [4.69, 9.17) is 15.9 Å². The van der Waals surface area contributed by atoms with Crippen LogP contribution in [0.4, 0.5) is 0 Å². The summed E-state index contributed by atoms with van der Waals surface area (Å²) in [6.45, 7) is 0. The average molecular weight is 205 g/mol. The van der Waals surface area contributed by atoms with Crippen LogP contribution in [0, 0.1) is 0 Å². The van der Waals surface area contributed by atoms with E-state index in [0.717, 1.165) is 0 Å². The van der Waals surface area contributed by atoms with E-state index in [9.17, 15) is 19.2 Å². The van der Waals surface area contributed by atoms with E-state index in [1.807, 2.05) is 0 Å². The SMILES string of the molecule is NC(C(=O)O)C(=O)OC(=O)CC(=O)O. The summed E-state index contributed by atoms with van der Waals surface area (Å²) in [5, 5.41) is 16.3. The maximum atomic E-state index is 10.6. The van der Waals surface area contributed by atoms with Gasteiger partial charge in [-0.25, -0.2) is 9.59 Å². The van der Waals surface area contributed by atoms with Gasteiger partial charge in [-0.2, -0.15) is 0 Å². The number of carboxylic acids is 2. The fourth-order valence-corrected chi connectivity index (χ4v) is 0.436. The first kappa shape index (κ1) is 12.0. The zero-order chi connectivity index (χ0) is 11.3. The molecule has 0 rings (SSSR count). The van der Waals surface area contributed by atoms with Crippen LogP contribution in [-0.4, -0.2) is 40.1 Å². The number of hydrogen-bond donors (Lipinski definition) is 3.